The first kappa shape index (κ1) is 19.5. The van der Waals surface area contributed by atoms with E-state index in [1.54, 1.807) is 11.8 Å². The predicted octanol–water partition coefficient (Wildman–Crippen LogP) is 2.95. The topological polar surface area (TPSA) is 76.9 Å². The summed E-state index contributed by atoms with van der Waals surface area (Å²) >= 11 is 0. The summed E-state index contributed by atoms with van der Waals surface area (Å²) < 4.78 is 7.41. The molecule has 4 rings (SSSR count). The van der Waals surface area contributed by atoms with E-state index >= 15 is 0 Å². The number of nitrogens with one attached hydrogen (secondary N) is 2. The number of hydrogen-bond donors (Lipinski definition) is 2. The van der Waals surface area contributed by atoms with Crippen molar-refractivity contribution in [2.24, 2.45) is 0 Å². The van der Waals surface area contributed by atoms with E-state index in [4.69, 9.17) is 4.74 Å². The lowest BCUT2D eigenvalue weighted by Crippen LogP contribution is -2.45. The van der Waals surface area contributed by atoms with Crippen LogP contribution in [0.5, 0.6) is 5.75 Å². The number of tetrazole rings is 1. The van der Waals surface area contributed by atoms with E-state index in [0.29, 0.717) is 12.1 Å². The van der Waals surface area contributed by atoms with Gasteiger partial charge in [-0.2, -0.15) is 0 Å². The minimum absolute atomic E-state index is 0.312. The second-order valence-corrected chi connectivity index (χ2v) is 7.32. The third-order valence-corrected chi connectivity index (χ3v) is 5.54. The van der Waals surface area contributed by atoms with Gasteiger partial charge in [0, 0.05) is 36.3 Å². The van der Waals surface area contributed by atoms with Gasteiger partial charge in [0.15, 0.2) is 5.82 Å². The van der Waals surface area contributed by atoms with Gasteiger partial charge in [0.1, 0.15) is 5.75 Å². The van der Waals surface area contributed by atoms with Gasteiger partial charge in [0.2, 0.25) is 0 Å². The SMILES string of the molecule is CCn1nnnc1-c1ccc(OC)c(CN[C@H]2CCCN[C@H]2c2ccccc2)c1. The molecule has 2 N–H and O–H groups in total. The monoisotopic (exact) mass is 392 g/mol. The van der Waals surface area contributed by atoms with Gasteiger partial charge in [-0.1, -0.05) is 30.3 Å². The number of nitrogens with zero attached hydrogens (tertiary/aromatic N) is 4. The van der Waals surface area contributed by atoms with E-state index in [2.05, 4.69) is 62.6 Å². The highest BCUT2D eigenvalue weighted by Crippen LogP contribution is 2.27. The van der Waals surface area contributed by atoms with Crippen molar-refractivity contribution in [2.75, 3.05) is 13.7 Å². The molecular weight excluding hydrogens is 364 g/mol. The number of aromatic nitrogens is 4. The van der Waals surface area contributed by atoms with Gasteiger partial charge in [-0.05, 0) is 60.5 Å². The van der Waals surface area contributed by atoms with Crippen molar-refractivity contribution < 1.29 is 4.74 Å². The maximum absolute atomic E-state index is 5.61. The Morgan fingerprint density at radius 1 is 1.21 bits per heavy atom. The van der Waals surface area contributed by atoms with Gasteiger partial charge in [-0.3, -0.25) is 0 Å². The van der Waals surface area contributed by atoms with Crippen LogP contribution in [0.3, 0.4) is 0 Å². The lowest BCUT2D eigenvalue weighted by molar-refractivity contribution is 0.303. The van der Waals surface area contributed by atoms with E-state index < -0.39 is 0 Å². The van der Waals surface area contributed by atoms with E-state index in [0.717, 1.165) is 48.8 Å². The van der Waals surface area contributed by atoms with Crippen molar-refractivity contribution in [3.05, 3.63) is 59.7 Å². The number of piperidine rings is 1. The fraction of sp³-hybridized carbons (Fsp3) is 0.409. The van der Waals surface area contributed by atoms with E-state index in [1.165, 1.54) is 12.0 Å². The molecule has 29 heavy (non-hydrogen) atoms. The van der Waals surface area contributed by atoms with Crippen LogP contribution >= 0.6 is 0 Å². The summed E-state index contributed by atoms with van der Waals surface area (Å²) in [5, 5.41) is 19.5. The maximum atomic E-state index is 5.61. The van der Waals surface area contributed by atoms with Gasteiger partial charge >= 0.3 is 0 Å². The lowest BCUT2D eigenvalue weighted by Gasteiger charge is -2.34. The average molecular weight is 393 g/mol. The van der Waals surface area contributed by atoms with E-state index in [-0.39, 0.29) is 0 Å². The average Bonchev–Trinajstić information content (AvgIpc) is 3.27. The predicted molar refractivity (Wildman–Crippen MR) is 113 cm³/mol. The molecule has 0 bridgehead atoms. The first-order valence-corrected chi connectivity index (χ1v) is 10.2. The van der Waals surface area contributed by atoms with Crippen molar-refractivity contribution in [1.29, 1.82) is 0 Å². The molecule has 0 radical (unpaired) electrons. The first-order chi connectivity index (χ1) is 14.3. The highest BCUT2D eigenvalue weighted by atomic mass is 16.5. The van der Waals surface area contributed by atoms with Crippen LogP contribution in [0.2, 0.25) is 0 Å². The molecule has 1 aliphatic rings. The molecule has 2 heterocycles. The quantitative estimate of drug-likeness (QED) is 0.644. The van der Waals surface area contributed by atoms with Gasteiger partial charge < -0.3 is 15.4 Å². The lowest BCUT2D eigenvalue weighted by atomic mass is 9.92. The van der Waals surface area contributed by atoms with Crippen molar-refractivity contribution in [1.82, 2.24) is 30.8 Å². The minimum atomic E-state index is 0.312. The van der Waals surface area contributed by atoms with Crippen LogP contribution in [0.15, 0.2) is 48.5 Å². The van der Waals surface area contributed by atoms with Crippen LogP contribution in [-0.4, -0.2) is 39.9 Å². The number of benzene rings is 2. The van der Waals surface area contributed by atoms with Crippen molar-refractivity contribution in [3.63, 3.8) is 0 Å². The summed E-state index contributed by atoms with van der Waals surface area (Å²) in [5.74, 6) is 1.65. The number of methoxy groups -OCH3 is 1. The minimum Gasteiger partial charge on any atom is -0.496 e. The standard InChI is InChI=1S/C22H28N6O/c1-3-28-22(25-26-27-28)17-11-12-20(29-2)18(14-17)15-24-19-10-7-13-23-21(19)16-8-5-4-6-9-16/h4-6,8-9,11-12,14,19,21,23-24H,3,7,10,13,15H2,1-2H3/t19-,21-/m0/s1. The highest BCUT2D eigenvalue weighted by Gasteiger charge is 2.26. The van der Waals surface area contributed by atoms with Gasteiger partial charge in [-0.25, -0.2) is 4.68 Å². The third kappa shape index (κ3) is 4.31. The van der Waals surface area contributed by atoms with Crippen molar-refractivity contribution in [2.45, 2.75) is 44.9 Å². The largest absolute Gasteiger partial charge is 0.496 e. The third-order valence-electron chi connectivity index (χ3n) is 5.54. The summed E-state index contributed by atoms with van der Waals surface area (Å²) in [6.07, 6.45) is 2.31. The van der Waals surface area contributed by atoms with Crippen LogP contribution in [-0.2, 0) is 13.1 Å². The number of ether oxygens (including phenoxy) is 1. The molecule has 1 saturated heterocycles. The fourth-order valence-corrected chi connectivity index (χ4v) is 4.04. The Hall–Kier alpha value is -2.77. The Morgan fingerprint density at radius 2 is 2.07 bits per heavy atom. The Balaban J connectivity index is 1.54. The summed E-state index contributed by atoms with van der Waals surface area (Å²) in [6, 6.07) is 17.5. The number of aryl methyl sites for hydroxylation is 1. The van der Waals surface area contributed by atoms with Crippen LogP contribution in [0.1, 0.15) is 36.9 Å². The molecule has 0 amide bonds. The molecule has 1 aliphatic heterocycles. The zero-order chi connectivity index (χ0) is 20.1. The highest BCUT2D eigenvalue weighted by molar-refractivity contribution is 5.58. The Bertz CT molecular complexity index is 926. The van der Waals surface area contributed by atoms with E-state index in [1.807, 2.05) is 19.1 Å². The first-order valence-electron chi connectivity index (χ1n) is 10.2. The Morgan fingerprint density at radius 3 is 2.86 bits per heavy atom. The van der Waals surface area contributed by atoms with Crippen LogP contribution in [0.4, 0.5) is 0 Å². The molecule has 0 aliphatic carbocycles. The molecule has 2 aromatic carbocycles. The zero-order valence-corrected chi connectivity index (χ0v) is 17.0. The van der Waals surface area contributed by atoms with Crippen LogP contribution in [0, 0.1) is 0 Å². The van der Waals surface area contributed by atoms with Gasteiger partial charge in [0.25, 0.3) is 0 Å². The molecule has 1 fully saturated rings. The fourth-order valence-electron chi connectivity index (χ4n) is 4.04. The molecular formula is C22H28N6O. The van der Waals surface area contributed by atoms with E-state index in [9.17, 15) is 0 Å². The molecule has 3 aromatic rings. The summed E-state index contributed by atoms with van der Waals surface area (Å²) in [5.41, 5.74) is 3.43. The molecule has 0 spiro atoms. The Kier molecular flexibility index (Phi) is 6.17. The molecule has 152 valence electrons. The molecule has 1 aromatic heterocycles. The van der Waals surface area contributed by atoms with Crippen molar-refractivity contribution >= 4 is 0 Å². The second-order valence-electron chi connectivity index (χ2n) is 7.32. The number of hydrogen-bond acceptors (Lipinski definition) is 6. The molecule has 2 atom stereocenters. The zero-order valence-electron chi connectivity index (χ0n) is 17.0. The molecule has 7 nitrogen and oxygen atoms in total. The second kappa shape index (κ2) is 9.15. The summed E-state index contributed by atoms with van der Waals surface area (Å²) in [4.78, 5) is 0. The maximum Gasteiger partial charge on any atom is 0.182 e. The molecule has 0 saturated carbocycles. The molecule has 0 unspecified atom stereocenters. The summed E-state index contributed by atoms with van der Waals surface area (Å²) in [7, 11) is 1.71. The Labute approximate surface area is 171 Å². The van der Waals surface area contributed by atoms with Crippen molar-refractivity contribution in [3.8, 4) is 17.1 Å². The van der Waals surface area contributed by atoms with Crippen LogP contribution in [0.25, 0.3) is 11.4 Å². The van der Waals surface area contributed by atoms with Gasteiger partial charge in [-0.15, -0.1) is 5.10 Å². The summed E-state index contributed by atoms with van der Waals surface area (Å²) in [6.45, 7) is 4.54. The van der Waals surface area contributed by atoms with Gasteiger partial charge in [0.05, 0.1) is 7.11 Å². The molecule has 7 heteroatoms. The normalized spacial score (nSPS) is 19.2. The van der Waals surface area contributed by atoms with Crippen LogP contribution < -0.4 is 15.4 Å². The smallest absolute Gasteiger partial charge is 0.182 e. The number of rotatable bonds is 7.